The first-order valence-corrected chi connectivity index (χ1v) is 6.59. The van der Waals surface area contributed by atoms with Gasteiger partial charge in [0.1, 0.15) is 5.75 Å². The van der Waals surface area contributed by atoms with E-state index in [4.69, 9.17) is 10.5 Å². The Kier molecular flexibility index (Phi) is 4.44. The highest BCUT2D eigenvalue weighted by Gasteiger charge is 2.20. The summed E-state index contributed by atoms with van der Waals surface area (Å²) in [7, 11) is 0. The SMILES string of the molecule is C=C(C)CCN=C(N)NC1CCOc2ccccc21. The van der Waals surface area contributed by atoms with Crippen LogP contribution in [0.4, 0.5) is 0 Å². The highest BCUT2D eigenvalue weighted by molar-refractivity contribution is 5.78. The maximum atomic E-state index is 5.92. The largest absolute Gasteiger partial charge is 0.493 e. The van der Waals surface area contributed by atoms with Crippen molar-refractivity contribution < 1.29 is 4.74 Å². The summed E-state index contributed by atoms with van der Waals surface area (Å²) in [4.78, 5) is 4.31. The van der Waals surface area contributed by atoms with Gasteiger partial charge in [-0.1, -0.05) is 23.8 Å². The number of guanidine groups is 1. The van der Waals surface area contributed by atoms with E-state index in [9.17, 15) is 0 Å². The van der Waals surface area contributed by atoms with Crippen LogP contribution in [0.15, 0.2) is 41.4 Å². The number of fused-ring (bicyclic) bond motifs is 1. The van der Waals surface area contributed by atoms with Gasteiger partial charge in [0, 0.05) is 18.5 Å². The number of benzene rings is 1. The second-order valence-corrected chi connectivity index (χ2v) is 4.85. The van der Waals surface area contributed by atoms with Crippen molar-refractivity contribution in [2.24, 2.45) is 10.7 Å². The maximum Gasteiger partial charge on any atom is 0.189 e. The molecule has 0 aliphatic carbocycles. The van der Waals surface area contributed by atoms with Crippen molar-refractivity contribution in [2.45, 2.75) is 25.8 Å². The molecule has 0 aromatic heterocycles. The second kappa shape index (κ2) is 6.27. The third kappa shape index (κ3) is 3.74. The minimum atomic E-state index is 0.179. The molecule has 4 heteroatoms. The fraction of sp³-hybridized carbons (Fsp3) is 0.400. The first-order valence-electron chi connectivity index (χ1n) is 6.59. The first-order chi connectivity index (χ1) is 9.16. The van der Waals surface area contributed by atoms with Crippen LogP contribution in [0.2, 0.25) is 0 Å². The molecule has 0 saturated heterocycles. The Morgan fingerprint density at radius 3 is 3.11 bits per heavy atom. The van der Waals surface area contributed by atoms with E-state index in [-0.39, 0.29) is 6.04 Å². The Morgan fingerprint density at radius 1 is 1.53 bits per heavy atom. The summed E-state index contributed by atoms with van der Waals surface area (Å²) in [5, 5.41) is 3.27. The number of nitrogens with two attached hydrogens (primary N) is 1. The van der Waals surface area contributed by atoms with Crippen LogP contribution >= 0.6 is 0 Å². The van der Waals surface area contributed by atoms with Gasteiger partial charge < -0.3 is 15.8 Å². The fourth-order valence-electron chi connectivity index (χ4n) is 2.08. The van der Waals surface area contributed by atoms with Gasteiger partial charge in [0.2, 0.25) is 0 Å². The minimum absolute atomic E-state index is 0.179. The number of hydrogen-bond acceptors (Lipinski definition) is 2. The van der Waals surface area contributed by atoms with E-state index in [0.717, 1.165) is 29.7 Å². The van der Waals surface area contributed by atoms with Crippen molar-refractivity contribution in [3.8, 4) is 5.75 Å². The van der Waals surface area contributed by atoms with Crippen molar-refractivity contribution in [1.29, 1.82) is 0 Å². The van der Waals surface area contributed by atoms with Crippen molar-refractivity contribution in [1.82, 2.24) is 5.32 Å². The fourth-order valence-corrected chi connectivity index (χ4v) is 2.08. The number of ether oxygens (including phenoxy) is 1. The summed E-state index contributed by atoms with van der Waals surface area (Å²) in [6.07, 6.45) is 1.76. The number of para-hydroxylation sites is 1. The van der Waals surface area contributed by atoms with E-state index in [1.807, 2.05) is 25.1 Å². The van der Waals surface area contributed by atoms with E-state index in [1.165, 1.54) is 0 Å². The molecule has 2 rings (SSSR count). The van der Waals surface area contributed by atoms with Gasteiger partial charge in [0.05, 0.1) is 12.6 Å². The summed E-state index contributed by atoms with van der Waals surface area (Å²) in [5.41, 5.74) is 8.18. The highest BCUT2D eigenvalue weighted by Crippen LogP contribution is 2.31. The molecule has 1 heterocycles. The lowest BCUT2D eigenvalue weighted by atomic mass is 10.0. The Hall–Kier alpha value is -1.97. The molecule has 1 aromatic carbocycles. The molecule has 1 unspecified atom stereocenters. The van der Waals surface area contributed by atoms with Crippen molar-refractivity contribution in [2.75, 3.05) is 13.2 Å². The lowest BCUT2D eigenvalue weighted by Gasteiger charge is -2.26. The van der Waals surface area contributed by atoms with Gasteiger partial charge >= 0.3 is 0 Å². The van der Waals surface area contributed by atoms with E-state index in [0.29, 0.717) is 19.1 Å². The quantitative estimate of drug-likeness (QED) is 0.496. The van der Waals surface area contributed by atoms with E-state index in [2.05, 4.69) is 23.0 Å². The van der Waals surface area contributed by atoms with Gasteiger partial charge in [-0.2, -0.15) is 0 Å². The predicted molar refractivity (Wildman–Crippen MR) is 78.4 cm³/mol. The highest BCUT2D eigenvalue weighted by atomic mass is 16.5. The molecule has 0 spiro atoms. The Labute approximate surface area is 114 Å². The van der Waals surface area contributed by atoms with Gasteiger partial charge in [-0.3, -0.25) is 4.99 Å². The average Bonchev–Trinajstić information content (AvgIpc) is 2.39. The Bertz CT molecular complexity index is 482. The van der Waals surface area contributed by atoms with Crippen LogP contribution in [0.25, 0.3) is 0 Å². The zero-order chi connectivity index (χ0) is 13.7. The van der Waals surface area contributed by atoms with E-state index >= 15 is 0 Å². The lowest BCUT2D eigenvalue weighted by molar-refractivity contribution is 0.262. The summed E-state index contributed by atoms with van der Waals surface area (Å²) in [6, 6.07) is 8.21. The number of rotatable bonds is 4. The molecule has 0 bridgehead atoms. The van der Waals surface area contributed by atoms with E-state index in [1.54, 1.807) is 0 Å². The summed E-state index contributed by atoms with van der Waals surface area (Å²) < 4.78 is 5.62. The molecule has 4 nitrogen and oxygen atoms in total. The number of nitrogens with one attached hydrogen (secondary N) is 1. The van der Waals surface area contributed by atoms with Crippen LogP contribution < -0.4 is 15.8 Å². The molecule has 19 heavy (non-hydrogen) atoms. The van der Waals surface area contributed by atoms with Crippen LogP contribution in [0.3, 0.4) is 0 Å². The smallest absolute Gasteiger partial charge is 0.189 e. The van der Waals surface area contributed by atoms with E-state index < -0.39 is 0 Å². The normalized spacial score (nSPS) is 18.4. The van der Waals surface area contributed by atoms with Crippen molar-refractivity contribution in [3.05, 3.63) is 42.0 Å². The zero-order valence-electron chi connectivity index (χ0n) is 11.4. The van der Waals surface area contributed by atoms with Crippen LogP contribution in [-0.4, -0.2) is 19.1 Å². The molecule has 0 amide bonds. The molecule has 1 aromatic rings. The predicted octanol–water partition coefficient (Wildman–Crippen LogP) is 2.38. The van der Waals surface area contributed by atoms with Crippen molar-refractivity contribution >= 4 is 5.96 Å². The minimum Gasteiger partial charge on any atom is -0.493 e. The van der Waals surface area contributed by atoms with Gasteiger partial charge in [-0.15, -0.1) is 6.58 Å². The molecule has 1 atom stereocenters. The summed E-state index contributed by atoms with van der Waals surface area (Å²) >= 11 is 0. The van der Waals surface area contributed by atoms with Crippen LogP contribution in [-0.2, 0) is 0 Å². The molecule has 1 aliphatic heterocycles. The molecule has 3 N–H and O–H groups in total. The maximum absolute atomic E-state index is 5.92. The number of aliphatic imine (C=N–C) groups is 1. The number of nitrogens with zero attached hydrogens (tertiary/aromatic N) is 1. The van der Waals surface area contributed by atoms with Crippen molar-refractivity contribution in [3.63, 3.8) is 0 Å². The topological polar surface area (TPSA) is 59.6 Å². The van der Waals surface area contributed by atoms with Crippen LogP contribution in [0, 0.1) is 0 Å². The molecule has 0 radical (unpaired) electrons. The van der Waals surface area contributed by atoms with Gasteiger partial charge in [-0.25, -0.2) is 0 Å². The molecule has 1 aliphatic rings. The molecule has 0 fully saturated rings. The standard InChI is InChI=1S/C15H21N3O/c1-11(2)7-9-17-15(16)18-13-8-10-19-14-6-4-3-5-12(13)14/h3-6,13H,1,7-10H2,2H3,(H3,16,17,18). The molecule has 0 saturated carbocycles. The third-order valence-electron chi connectivity index (χ3n) is 3.10. The molecule has 102 valence electrons. The average molecular weight is 259 g/mol. The first kappa shape index (κ1) is 13.5. The zero-order valence-corrected chi connectivity index (χ0v) is 11.4. The summed E-state index contributed by atoms with van der Waals surface area (Å²) in [5.74, 6) is 1.42. The molecular formula is C15H21N3O. The van der Waals surface area contributed by atoms with Gasteiger partial charge in [-0.05, 0) is 19.4 Å². The van der Waals surface area contributed by atoms with Gasteiger partial charge in [0.25, 0.3) is 0 Å². The lowest BCUT2D eigenvalue weighted by Crippen LogP contribution is -2.37. The molecular weight excluding hydrogens is 238 g/mol. The second-order valence-electron chi connectivity index (χ2n) is 4.85. The van der Waals surface area contributed by atoms with Crippen LogP contribution in [0.1, 0.15) is 31.4 Å². The Morgan fingerprint density at radius 2 is 2.32 bits per heavy atom. The number of hydrogen-bond donors (Lipinski definition) is 2. The monoisotopic (exact) mass is 259 g/mol. The summed E-state index contributed by atoms with van der Waals surface area (Å²) in [6.45, 7) is 7.23. The third-order valence-corrected chi connectivity index (χ3v) is 3.10. The Balaban J connectivity index is 1.98. The van der Waals surface area contributed by atoms with Gasteiger partial charge in [0.15, 0.2) is 5.96 Å². The van der Waals surface area contributed by atoms with Crippen LogP contribution in [0.5, 0.6) is 5.75 Å².